The lowest BCUT2D eigenvalue weighted by atomic mass is 10.0. The summed E-state index contributed by atoms with van der Waals surface area (Å²) in [6.45, 7) is 1.01. The third-order valence-electron chi connectivity index (χ3n) is 5.23. The van der Waals surface area contributed by atoms with Crippen LogP contribution in [0.1, 0.15) is 27.7 Å². The van der Waals surface area contributed by atoms with Crippen molar-refractivity contribution in [1.82, 2.24) is 5.32 Å². The molecule has 0 radical (unpaired) electrons. The topological polar surface area (TPSA) is 50.8 Å². The number of fused-ring (bicyclic) bond motifs is 2. The summed E-state index contributed by atoms with van der Waals surface area (Å²) in [5, 5.41) is 3.16. The maximum absolute atomic E-state index is 12.7. The SMILES string of the molecule is O=C1N[C@H](c2ccc3c(c2)OCO3)N(CCc2ccccc2)c2ccccc21. The molecule has 2 aliphatic heterocycles. The molecule has 2 aliphatic rings. The first-order valence-corrected chi connectivity index (χ1v) is 9.39. The standard InChI is InChI=1S/C23H20N2O3/c26-23-18-8-4-5-9-19(18)25(13-12-16-6-2-1-3-7-16)22(24-23)17-10-11-20-21(14-17)28-15-27-20/h1-11,14,22H,12-13,15H2,(H,24,26)/t22-/m0/s1. The zero-order valence-electron chi connectivity index (χ0n) is 15.3. The normalized spacial score (nSPS) is 17.2. The van der Waals surface area contributed by atoms with Crippen molar-refractivity contribution in [3.05, 3.63) is 89.5 Å². The Morgan fingerprint density at radius 3 is 2.61 bits per heavy atom. The van der Waals surface area contributed by atoms with Crippen LogP contribution in [0.2, 0.25) is 0 Å². The minimum atomic E-state index is -0.263. The Kier molecular flexibility index (Phi) is 4.13. The van der Waals surface area contributed by atoms with Crippen LogP contribution in [0.4, 0.5) is 5.69 Å². The van der Waals surface area contributed by atoms with E-state index in [0.29, 0.717) is 11.3 Å². The summed E-state index contributed by atoms with van der Waals surface area (Å²) in [6, 6.07) is 24.0. The lowest BCUT2D eigenvalue weighted by molar-refractivity contribution is 0.0926. The number of rotatable bonds is 4. The average molecular weight is 372 g/mol. The van der Waals surface area contributed by atoms with Crippen LogP contribution >= 0.6 is 0 Å². The number of nitrogens with one attached hydrogen (secondary N) is 1. The van der Waals surface area contributed by atoms with Crippen molar-refractivity contribution >= 4 is 11.6 Å². The van der Waals surface area contributed by atoms with E-state index in [1.54, 1.807) is 0 Å². The number of hydrogen-bond donors (Lipinski definition) is 1. The molecule has 0 bridgehead atoms. The number of nitrogens with zero attached hydrogens (tertiary/aromatic N) is 1. The Balaban J connectivity index is 1.51. The molecule has 0 unspecified atom stereocenters. The third-order valence-corrected chi connectivity index (χ3v) is 5.23. The second-order valence-electron chi connectivity index (χ2n) is 6.93. The Morgan fingerprint density at radius 2 is 1.71 bits per heavy atom. The smallest absolute Gasteiger partial charge is 0.255 e. The van der Waals surface area contributed by atoms with Gasteiger partial charge in [-0.25, -0.2) is 0 Å². The molecule has 1 amide bonds. The van der Waals surface area contributed by atoms with Crippen LogP contribution in [0.15, 0.2) is 72.8 Å². The first kappa shape index (κ1) is 16.7. The molecule has 1 atom stereocenters. The highest BCUT2D eigenvalue weighted by Crippen LogP contribution is 2.38. The number of hydrogen-bond acceptors (Lipinski definition) is 4. The van der Waals surface area contributed by atoms with Gasteiger partial charge in [-0.3, -0.25) is 4.79 Å². The van der Waals surface area contributed by atoms with E-state index in [1.807, 2.05) is 48.5 Å². The van der Waals surface area contributed by atoms with Crippen molar-refractivity contribution in [3.63, 3.8) is 0 Å². The minimum absolute atomic E-state index is 0.0609. The first-order chi connectivity index (χ1) is 13.8. The predicted molar refractivity (Wildman–Crippen MR) is 107 cm³/mol. The molecule has 0 spiro atoms. The van der Waals surface area contributed by atoms with Crippen LogP contribution in [-0.2, 0) is 6.42 Å². The summed E-state index contributed by atoms with van der Waals surface area (Å²) < 4.78 is 11.0. The molecular weight excluding hydrogens is 352 g/mol. The third kappa shape index (κ3) is 2.95. The van der Waals surface area contributed by atoms with E-state index in [2.05, 4.69) is 34.5 Å². The molecule has 5 heteroatoms. The fourth-order valence-electron chi connectivity index (χ4n) is 3.83. The van der Waals surface area contributed by atoms with Crippen molar-refractivity contribution in [2.75, 3.05) is 18.2 Å². The molecule has 0 aliphatic carbocycles. The summed E-state index contributed by atoms with van der Waals surface area (Å²) in [7, 11) is 0. The number of anilines is 1. The van der Waals surface area contributed by atoms with Gasteiger partial charge in [-0.05, 0) is 41.8 Å². The van der Waals surface area contributed by atoms with Gasteiger partial charge in [0.15, 0.2) is 11.5 Å². The van der Waals surface area contributed by atoms with Crippen LogP contribution in [0.25, 0.3) is 0 Å². The highest BCUT2D eigenvalue weighted by atomic mass is 16.7. The van der Waals surface area contributed by atoms with E-state index in [-0.39, 0.29) is 18.9 Å². The van der Waals surface area contributed by atoms with Crippen LogP contribution in [0.3, 0.4) is 0 Å². The number of benzene rings is 3. The number of carbonyl (C=O) groups excluding carboxylic acids is 1. The van der Waals surface area contributed by atoms with E-state index in [4.69, 9.17) is 9.47 Å². The van der Waals surface area contributed by atoms with Crippen LogP contribution in [0, 0.1) is 0 Å². The quantitative estimate of drug-likeness (QED) is 0.755. The van der Waals surface area contributed by atoms with E-state index in [0.717, 1.165) is 30.0 Å². The number of carbonyl (C=O) groups is 1. The molecule has 3 aromatic rings. The largest absolute Gasteiger partial charge is 0.454 e. The molecule has 0 fully saturated rings. The van der Waals surface area contributed by atoms with Gasteiger partial charge >= 0.3 is 0 Å². The molecular formula is C23H20N2O3. The fraction of sp³-hybridized carbons (Fsp3) is 0.174. The molecule has 140 valence electrons. The molecule has 0 saturated heterocycles. The molecule has 3 aromatic carbocycles. The highest BCUT2D eigenvalue weighted by Gasteiger charge is 2.32. The van der Waals surface area contributed by atoms with E-state index in [1.165, 1.54) is 5.56 Å². The predicted octanol–water partition coefficient (Wildman–Crippen LogP) is 3.91. The van der Waals surface area contributed by atoms with Gasteiger partial charge in [0.1, 0.15) is 6.17 Å². The minimum Gasteiger partial charge on any atom is -0.454 e. The zero-order chi connectivity index (χ0) is 18.9. The van der Waals surface area contributed by atoms with Crippen LogP contribution < -0.4 is 19.7 Å². The van der Waals surface area contributed by atoms with Crippen molar-refractivity contribution in [1.29, 1.82) is 0 Å². The van der Waals surface area contributed by atoms with Crippen molar-refractivity contribution in [2.45, 2.75) is 12.6 Å². The lowest BCUT2D eigenvalue weighted by Crippen LogP contribution is -2.47. The second kappa shape index (κ2) is 6.93. The summed E-state index contributed by atoms with van der Waals surface area (Å²) in [6.07, 6.45) is 0.618. The highest BCUT2D eigenvalue weighted by molar-refractivity contribution is 6.02. The Bertz CT molecular complexity index is 1020. The van der Waals surface area contributed by atoms with Gasteiger partial charge in [-0.15, -0.1) is 0 Å². The van der Waals surface area contributed by atoms with Gasteiger partial charge < -0.3 is 19.7 Å². The summed E-state index contributed by atoms with van der Waals surface area (Å²) in [5.41, 5.74) is 3.89. The average Bonchev–Trinajstić information content (AvgIpc) is 3.22. The fourth-order valence-corrected chi connectivity index (χ4v) is 3.83. The number of ether oxygens (including phenoxy) is 2. The monoisotopic (exact) mass is 372 g/mol. The Morgan fingerprint density at radius 1 is 0.929 bits per heavy atom. The Hall–Kier alpha value is -3.47. The lowest BCUT2D eigenvalue weighted by Gasteiger charge is -2.39. The second-order valence-corrected chi connectivity index (χ2v) is 6.93. The first-order valence-electron chi connectivity index (χ1n) is 9.39. The molecule has 0 aromatic heterocycles. The van der Waals surface area contributed by atoms with Crippen molar-refractivity contribution in [3.8, 4) is 11.5 Å². The molecule has 1 N–H and O–H groups in total. The van der Waals surface area contributed by atoms with Gasteiger partial charge in [0, 0.05) is 6.54 Å². The van der Waals surface area contributed by atoms with Crippen molar-refractivity contribution in [2.24, 2.45) is 0 Å². The summed E-state index contributed by atoms with van der Waals surface area (Å²) in [5.74, 6) is 1.39. The zero-order valence-corrected chi connectivity index (χ0v) is 15.3. The maximum Gasteiger partial charge on any atom is 0.255 e. The number of para-hydroxylation sites is 1. The summed E-state index contributed by atoms with van der Waals surface area (Å²) >= 11 is 0. The number of amides is 1. The van der Waals surface area contributed by atoms with Gasteiger partial charge in [-0.2, -0.15) is 0 Å². The molecule has 2 heterocycles. The summed E-state index contributed by atoms with van der Waals surface area (Å²) in [4.78, 5) is 15.0. The molecule has 28 heavy (non-hydrogen) atoms. The molecule has 0 saturated carbocycles. The maximum atomic E-state index is 12.7. The van der Waals surface area contributed by atoms with Gasteiger partial charge in [0.2, 0.25) is 6.79 Å². The molecule has 5 nitrogen and oxygen atoms in total. The van der Waals surface area contributed by atoms with E-state index < -0.39 is 0 Å². The molecule has 5 rings (SSSR count). The van der Waals surface area contributed by atoms with E-state index >= 15 is 0 Å². The van der Waals surface area contributed by atoms with Gasteiger partial charge in [0.25, 0.3) is 5.91 Å². The van der Waals surface area contributed by atoms with E-state index in [9.17, 15) is 4.79 Å². The van der Waals surface area contributed by atoms with Crippen molar-refractivity contribution < 1.29 is 14.3 Å². The van der Waals surface area contributed by atoms with Crippen LogP contribution in [-0.4, -0.2) is 19.2 Å². The van der Waals surface area contributed by atoms with Gasteiger partial charge in [0.05, 0.1) is 11.3 Å². The van der Waals surface area contributed by atoms with Crippen LogP contribution in [0.5, 0.6) is 11.5 Å². The van der Waals surface area contributed by atoms with Gasteiger partial charge in [-0.1, -0.05) is 48.5 Å². The Labute approximate surface area is 163 Å².